The number of hydrogen-bond donors (Lipinski definition) is 1. The molecule has 1 aliphatic heterocycles. The van der Waals surface area contributed by atoms with Gasteiger partial charge in [0.2, 0.25) is 0 Å². The monoisotopic (exact) mass is 405 g/mol. The van der Waals surface area contributed by atoms with E-state index >= 15 is 0 Å². The van der Waals surface area contributed by atoms with Crippen LogP contribution >= 0.6 is 0 Å². The third-order valence-corrected chi connectivity index (χ3v) is 5.20. The molecule has 0 saturated carbocycles. The maximum Gasteiger partial charge on any atom is 0.317 e. The Bertz CT molecular complexity index is 990. The van der Waals surface area contributed by atoms with Crippen LogP contribution in [-0.4, -0.2) is 53.6 Å². The maximum absolute atomic E-state index is 13.5. The molecule has 154 valence electrons. The molecule has 1 aromatic heterocycles. The number of halogens is 1. The van der Waals surface area contributed by atoms with Crippen LogP contribution in [0.4, 0.5) is 15.0 Å². The van der Waals surface area contributed by atoms with Crippen LogP contribution in [0, 0.1) is 5.82 Å². The summed E-state index contributed by atoms with van der Waals surface area (Å²) in [6.45, 7) is 3.23. The predicted molar refractivity (Wildman–Crippen MR) is 115 cm³/mol. The molecule has 6 nitrogen and oxygen atoms in total. The van der Waals surface area contributed by atoms with E-state index in [1.807, 2.05) is 35.2 Å². The third-order valence-electron chi connectivity index (χ3n) is 5.20. The molecule has 0 spiro atoms. The smallest absolute Gasteiger partial charge is 0.317 e. The van der Waals surface area contributed by atoms with Crippen molar-refractivity contribution in [2.45, 2.75) is 6.42 Å². The van der Waals surface area contributed by atoms with Gasteiger partial charge in [-0.1, -0.05) is 42.5 Å². The van der Waals surface area contributed by atoms with Crippen molar-refractivity contribution in [3.8, 4) is 11.3 Å². The van der Waals surface area contributed by atoms with Crippen LogP contribution in [-0.2, 0) is 6.42 Å². The van der Waals surface area contributed by atoms with Gasteiger partial charge in [-0.25, -0.2) is 19.2 Å². The minimum Gasteiger partial charge on any atom is -0.353 e. The fourth-order valence-corrected chi connectivity index (χ4v) is 3.53. The quantitative estimate of drug-likeness (QED) is 0.707. The van der Waals surface area contributed by atoms with E-state index in [4.69, 9.17) is 0 Å². The molecule has 0 aliphatic carbocycles. The first-order valence-electron chi connectivity index (χ1n) is 10.1. The molecule has 0 unspecified atom stereocenters. The van der Waals surface area contributed by atoms with E-state index in [1.165, 1.54) is 24.0 Å². The number of anilines is 1. The van der Waals surface area contributed by atoms with Crippen LogP contribution in [0.5, 0.6) is 0 Å². The van der Waals surface area contributed by atoms with Crippen molar-refractivity contribution in [1.82, 2.24) is 20.2 Å². The molecule has 1 aliphatic rings. The Labute approximate surface area is 175 Å². The summed E-state index contributed by atoms with van der Waals surface area (Å²) in [4.78, 5) is 25.0. The number of aromatic nitrogens is 2. The van der Waals surface area contributed by atoms with E-state index in [1.54, 1.807) is 6.07 Å². The first-order valence-corrected chi connectivity index (χ1v) is 10.1. The average molecular weight is 405 g/mol. The Hall–Kier alpha value is -3.48. The number of hydrogen-bond acceptors (Lipinski definition) is 4. The molecule has 2 heterocycles. The number of amides is 2. The van der Waals surface area contributed by atoms with Crippen LogP contribution < -0.4 is 10.2 Å². The van der Waals surface area contributed by atoms with Gasteiger partial charge in [-0.05, 0) is 24.1 Å². The molecule has 1 saturated heterocycles. The highest BCUT2D eigenvalue weighted by molar-refractivity contribution is 5.74. The molecule has 3 aromatic rings. The van der Waals surface area contributed by atoms with E-state index in [9.17, 15) is 9.18 Å². The first kappa shape index (κ1) is 19.8. The minimum absolute atomic E-state index is 0.0336. The molecule has 1 fully saturated rings. The van der Waals surface area contributed by atoms with Gasteiger partial charge in [0.15, 0.2) is 0 Å². The molecule has 2 aromatic carbocycles. The van der Waals surface area contributed by atoms with Gasteiger partial charge in [0.05, 0.1) is 5.69 Å². The number of carbonyl (C=O) groups is 1. The summed E-state index contributed by atoms with van der Waals surface area (Å²) in [5.41, 5.74) is 2.61. The van der Waals surface area contributed by atoms with Crippen molar-refractivity contribution in [2.75, 3.05) is 37.6 Å². The lowest BCUT2D eigenvalue weighted by atomic mass is 10.1. The van der Waals surface area contributed by atoms with Crippen molar-refractivity contribution in [2.24, 2.45) is 0 Å². The molecule has 0 bridgehead atoms. The number of carbonyl (C=O) groups excluding carboxylic acids is 1. The standard InChI is InChI=1S/C23H24FN5O/c24-20-8-4-7-19(15-20)21-16-22(27-17-26-21)28-11-13-29(14-12-28)23(30)25-10-9-18-5-2-1-3-6-18/h1-8,15-17H,9-14H2,(H,25,30). The molecule has 1 N–H and O–H groups in total. The normalized spacial score (nSPS) is 13.9. The molecule has 7 heteroatoms. The van der Waals surface area contributed by atoms with Gasteiger partial charge in [-0.3, -0.25) is 0 Å². The van der Waals surface area contributed by atoms with Gasteiger partial charge >= 0.3 is 6.03 Å². The van der Waals surface area contributed by atoms with Gasteiger partial charge in [-0.15, -0.1) is 0 Å². The van der Waals surface area contributed by atoms with E-state index in [2.05, 4.69) is 32.3 Å². The maximum atomic E-state index is 13.5. The molecular weight excluding hydrogens is 381 g/mol. The SMILES string of the molecule is O=C(NCCc1ccccc1)N1CCN(c2cc(-c3cccc(F)c3)ncn2)CC1. The van der Waals surface area contributed by atoms with Crippen LogP contribution in [0.15, 0.2) is 67.0 Å². The lowest BCUT2D eigenvalue weighted by Gasteiger charge is -2.35. The summed E-state index contributed by atoms with van der Waals surface area (Å²) in [7, 11) is 0. The number of nitrogens with zero attached hydrogens (tertiary/aromatic N) is 4. The molecule has 0 radical (unpaired) electrons. The van der Waals surface area contributed by atoms with E-state index < -0.39 is 0 Å². The topological polar surface area (TPSA) is 61.4 Å². The van der Waals surface area contributed by atoms with Crippen molar-refractivity contribution >= 4 is 11.8 Å². The first-order chi connectivity index (χ1) is 14.7. The van der Waals surface area contributed by atoms with E-state index in [0.717, 1.165) is 17.8 Å². The number of urea groups is 1. The Morgan fingerprint density at radius 3 is 2.53 bits per heavy atom. The van der Waals surface area contributed by atoms with Gasteiger partial charge in [0.25, 0.3) is 0 Å². The number of nitrogens with one attached hydrogen (secondary N) is 1. The van der Waals surface area contributed by atoms with Crippen LogP contribution in [0.2, 0.25) is 0 Å². The van der Waals surface area contributed by atoms with Gasteiger partial charge in [-0.2, -0.15) is 0 Å². The van der Waals surface area contributed by atoms with Gasteiger partial charge in [0.1, 0.15) is 18.0 Å². The molecule has 4 rings (SSSR count). The summed E-state index contributed by atoms with van der Waals surface area (Å²) in [6.07, 6.45) is 2.31. The predicted octanol–water partition coefficient (Wildman–Crippen LogP) is 3.36. The lowest BCUT2D eigenvalue weighted by molar-refractivity contribution is 0.194. The fourth-order valence-electron chi connectivity index (χ4n) is 3.53. The lowest BCUT2D eigenvalue weighted by Crippen LogP contribution is -2.52. The Kier molecular flexibility index (Phi) is 6.17. The highest BCUT2D eigenvalue weighted by Gasteiger charge is 2.22. The van der Waals surface area contributed by atoms with Crippen molar-refractivity contribution in [3.63, 3.8) is 0 Å². The fraction of sp³-hybridized carbons (Fsp3) is 0.261. The highest BCUT2D eigenvalue weighted by Crippen LogP contribution is 2.22. The van der Waals surface area contributed by atoms with Crippen LogP contribution in [0.1, 0.15) is 5.56 Å². The number of rotatable bonds is 5. The summed E-state index contributed by atoms with van der Waals surface area (Å²) in [5, 5.41) is 3.00. The zero-order valence-corrected chi connectivity index (χ0v) is 16.7. The molecule has 0 atom stereocenters. The summed E-state index contributed by atoms with van der Waals surface area (Å²) < 4.78 is 13.5. The molecule has 30 heavy (non-hydrogen) atoms. The Balaban J connectivity index is 1.30. The van der Waals surface area contributed by atoms with E-state index in [0.29, 0.717) is 38.4 Å². The molecular formula is C23H24FN5O. The largest absolute Gasteiger partial charge is 0.353 e. The number of piperazine rings is 1. The summed E-state index contributed by atoms with van der Waals surface area (Å²) >= 11 is 0. The Morgan fingerprint density at radius 1 is 0.967 bits per heavy atom. The third kappa shape index (κ3) is 4.92. The van der Waals surface area contributed by atoms with Crippen LogP contribution in [0.3, 0.4) is 0 Å². The summed E-state index contributed by atoms with van der Waals surface area (Å²) in [5.74, 6) is 0.493. The van der Waals surface area contributed by atoms with Crippen molar-refractivity contribution in [1.29, 1.82) is 0 Å². The van der Waals surface area contributed by atoms with E-state index in [-0.39, 0.29) is 11.8 Å². The molecule has 2 amide bonds. The zero-order valence-electron chi connectivity index (χ0n) is 16.7. The second kappa shape index (κ2) is 9.35. The summed E-state index contributed by atoms with van der Waals surface area (Å²) in [6, 6.07) is 18.3. The van der Waals surface area contributed by atoms with Crippen LogP contribution in [0.25, 0.3) is 11.3 Å². The Morgan fingerprint density at radius 2 is 1.77 bits per heavy atom. The minimum atomic E-state index is -0.292. The highest BCUT2D eigenvalue weighted by atomic mass is 19.1. The van der Waals surface area contributed by atoms with Crippen molar-refractivity contribution in [3.05, 3.63) is 78.4 Å². The zero-order chi connectivity index (χ0) is 20.8. The van der Waals surface area contributed by atoms with Gasteiger partial charge in [0, 0.05) is 44.4 Å². The van der Waals surface area contributed by atoms with Crippen molar-refractivity contribution < 1.29 is 9.18 Å². The second-order valence-corrected chi connectivity index (χ2v) is 7.21. The number of benzene rings is 2. The van der Waals surface area contributed by atoms with Gasteiger partial charge < -0.3 is 15.1 Å². The average Bonchev–Trinajstić information content (AvgIpc) is 2.80. The second-order valence-electron chi connectivity index (χ2n) is 7.21.